The van der Waals surface area contributed by atoms with Crippen LogP contribution in [0.15, 0.2) is 5.16 Å². The molecular weight excluding hydrogens is 248 g/mol. The molecule has 1 fully saturated rings. The summed E-state index contributed by atoms with van der Waals surface area (Å²) in [6.45, 7) is 5.91. The first-order chi connectivity index (χ1) is 8.87. The molecule has 0 bridgehead atoms. The highest BCUT2D eigenvalue weighted by molar-refractivity contribution is 6.10. The van der Waals surface area contributed by atoms with Gasteiger partial charge in [-0.1, -0.05) is 5.16 Å². The monoisotopic (exact) mass is 270 g/mol. The van der Waals surface area contributed by atoms with Crippen LogP contribution in [-0.4, -0.2) is 46.9 Å². The standard InChI is InChI=1S/C12H22N4O3/c1-4-16(7-9(17)14-8(2)3)11(18)12(5-6-12)10(13)15-19/h8,19H,4-7H2,1-3H3,(H2,13,15)(H,14,17). The van der Waals surface area contributed by atoms with E-state index in [1.807, 2.05) is 13.8 Å². The molecule has 0 aromatic heterocycles. The second-order valence-corrected chi connectivity index (χ2v) is 5.11. The summed E-state index contributed by atoms with van der Waals surface area (Å²) in [5.41, 5.74) is 4.67. The Morgan fingerprint density at radius 2 is 2.05 bits per heavy atom. The second-order valence-electron chi connectivity index (χ2n) is 5.11. The lowest BCUT2D eigenvalue weighted by molar-refractivity contribution is -0.138. The largest absolute Gasteiger partial charge is 0.409 e. The average Bonchev–Trinajstić information content (AvgIpc) is 3.14. The van der Waals surface area contributed by atoms with Crippen molar-refractivity contribution in [1.29, 1.82) is 0 Å². The van der Waals surface area contributed by atoms with E-state index in [9.17, 15) is 9.59 Å². The van der Waals surface area contributed by atoms with Crippen LogP contribution in [0.1, 0.15) is 33.6 Å². The molecule has 108 valence electrons. The maximum absolute atomic E-state index is 12.4. The lowest BCUT2D eigenvalue weighted by atomic mass is 10.0. The van der Waals surface area contributed by atoms with Gasteiger partial charge in [0, 0.05) is 12.6 Å². The Kier molecular flexibility index (Phi) is 4.74. The van der Waals surface area contributed by atoms with Crippen molar-refractivity contribution in [2.75, 3.05) is 13.1 Å². The van der Waals surface area contributed by atoms with Crippen molar-refractivity contribution >= 4 is 17.6 Å². The number of nitrogens with one attached hydrogen (secondary N) is 1. The Morgan fingerprint density at radius 1 is 1.47 bits per heavy atom. The minimum atomic E-state index is -0.900. The molecule has 7 heteroatoms. The van der Waals surface area contributed by atoms with E-state index in [0.29, 0.717) is 19.4 Å². The normalized spacial score (nSPS) is 17.2. The molecule has 0 saturated heterocycles. The summed E-state index contributed by atoms with van der Waals surface area (Å²) in [6, 6.07) is 0.0280. The van der Waals surface area contributed by atoms with Crippen LogP contribution in [0, 0.1) is 5.41 Å². The summed E-state index contributed by atoms with van der Waals surface area (Å²) in [6.07, 6.45) is 1.12. The number of rotatable bonds is 6. The first-order valence-electron chi connectivity index (χ1n) is 6.44. The van der Waals surface area contributed by atoms with Gasteiger partial charge in [-0.15, -0.1) is 0 Å². The highest BCUT2D eigenvalue weighted by Crippen LogP contribution is 2.47. The van der Waals surface area contributed by atoms with Crippen LogP contribution in [0.2, 0.25) is 0 Å². The molecule has 19 heavy (non-hydrogen) atoms. The fraction of sp³-hybridized carbons (Fsp3) is 0.750. The number of hydrogen-bond acceptors (Lipinski definition) is 4. The van der Waals surface area contributed by atoms with Crippen molar-refractivity contribution in [3.05, 3.63) is 0 Å². The Hall–Kier alpha value is -1.79. The predicted molar refractivity (Wildman–Crippen MR) is 70.6 cm³/mol. The molecule has 0 unspecified atom stereocenters. The third-order valence-electron chi connectivity index (χ3n) is 3.21. The molecule has 0 aromatic carbocycles. The minimum absolute atomic E-state index is 0.00598. The van der Waals surface area contributed by atoms with E-state index in [0.717, 1.165) is 0 Å². The molecule has 1 aliphatic carbocycles. The number of carbonyl (C=O) groups is 2. The minimum Gasteiger partial charge on any atom is -0.409 e. The summed E-state index contributed by atoms with van der Waals surface area (Å²) in [5, 5.41) is 14.4. The smallest absolute Gasteiger partial charge is 0.239 e. The van der Waals surface area contributed by atoms with Crippen molar-refractivity contribution in [3.63, 3.8) is 0 Å². The van der Waals surface area contributed by atoms with Gasteiger partial charge in [-0.05, 0) is 33.6 Å². The number of amidine groups is 1. The number of likely N-dealkylation sites (N-methyl/N-ethyl adjacent to an activating group) is 1. The quantitative estimate of drug-likeness (QED) is 0.271. The molecular formula is C12H22N4O3. The Balaban J connectivity index is 2.71. The summed E-state index contributed by atoms with van der Waals surface area (Å²) in [4.78, 5) is 25.5. The topological polar surface area (TPSA) is 108 Å². The SMILES string of the molecule is CCN(CC(=O)NC(C)C)C(=O)C1(C(N)=NO)CC1. The molecule has 0 aromatic rings. The summed E-state index contributed by atoms with van der Waals surface area (Å²) in [5.74, 6) is -0.523. The summed E-state index contributed by atoms with van der Waals surface area (Å²) < 4.78 is 0. The average molecular weight is 270 g/mol. The number of carbonyl (C=O) groups excluding carboxylic acids is 2. The lowest BCUT2D eigenvalue weighted by Crippen LogP contribution is -2.48. The number of hydrogen-bond donors (Lipinski definition) is 3. The highest BCUT2D eigenvalue weighted by atomic mass is 16.4. The van der Waals surface area contributed by atoms with Gasteiger partial charge in [0.1, 0.15) is 5.41 Å². The van der Waals surface area contributed by atoms with Gasteiger partial charge in [0.15, 0.2) is 5.84 Å². The van der Waals surface area contributed by atoms with E-state index in [-0.39, 0.29) is 30.2 Å². The van der Waals surface area contributed by atoms with Gasteiger partial charge < -0.3 is 21.2 Å². The molecule has 0 heterocycles. The van der Waals surface area contributed by atoms with E-state index < -0.39 is 5.41 Å². The second kappa shape index (κ2) is 5.90. The molecule has 0 aliphatic heterocycles. The zero-order valence-electron chi connectivity index (χ0n) is 11.6. The van der Waals surface area contributed by atoms with E-state index in [2.05, 4.69) is 10.5 Å². The van der Waals surface area contributed by atoms with Crippen molar-refractivity contribution < 1.29 is 14.8 Å². The zero-order valence-corrected chi connectivity index (χ0v) is 11.6. The van der Waals surface area contributed by atoms with Crippen molar-refractivity contribution in [3.8, 4) is 0 Å². The van der Waals surface area contributed by atoms with Crippen LogP contribution in [0.5, 0.6) is 0 Å². The van der Waals surface area contributed by atoms with Gasteiger partial charge in [0.05, 0.1) is 6.54 Å². The van der Waals surface area contributed by atoms with Crippen LogP contribution in [0.3, 0.4) is 0 Å². The van der Waals surface area contributed by atoms with Gasteiger partial charge in [-0.3, -0.25) is 9.59 Å². The van der Waals surface area contributed by atoms with Crippen molar-refractivity contribution in [2.45, 2.75) is 39.7 Å². The fourth-order valence-electron chi connectivity index (χ4n) is 1.97. The third kappa shape index (κ3) is 3.36. The van der Waals surface area contributed by atoms with E-state index in [1.165, 1.54) is 4.90 Å². The highest BCUT2D eigenvalue weighted by Gasteiger charge is 2.55. The van der Waals surface area contributed by atoms with Crippen LogP contribution in [0.4, 0.5) is 0 Å². The van der Waals surface area contributed by atoms with Gasteiger partial charge >= 0.3 is 0 Å². The van der Waals surface area contributed by atoms with Gasteiger partial charge in [0.2, 0.25) is 11.8 Å². The molecule has 0 radical (unpaired) electrons. The van der Waals surface area contributed by atoms with Crippen molar-refractivity contribution in [1.82, 2.24) is 10.2 Å². The third-order valence-corrected chi connectivity index (χ3v) is 3.21. The van der Waals surface area contributed by atoms with Gasteiger partial charge in [-0.25, -0.2) is 0 Å². The molecule has 1 saturated carbocycles. The number of amides is 2. The van der Waals surface area contributed by atoms with E-state index in [4.69, 9.17) is 10.9 Å². The molecule has 0 atom stereocenters. The first-order valence-corrected chi connectivity index (χ1v) is 6.44. The Morgan fingerprint density at radius 3 is 2.42 bits per heavy atom. The van der Waals surface area contributed by atoms with E-state index >= 15 is 0 Å². The van der Waals surface area contributed by atoms with Crippen molar-refractivity contribution in [2.24, 2.45) is 16.3 Å². The Labute approximate surface area is 112 Å². The van der Waals surface area contributed by atoms with E-state index in [1.54, 1.807) is 6.92 Å². The molecule has 1 rings (SSSR count). The predicted octanol–water partition coefficient (Wildman–Crippen LogP) is -0.114. The summed E-state index contributed by atoms with van der Waals surface area (Å²) >= 11 is 0. The zero-order chi connectivity index (χ0) is 14.6. The van der Waals surface area contributed by atoms with Crippen LogP contribution in [0.25, 0.3) is 0 Å². The van der Waals surface area contributed by atoms with Crippen LogP contribution >= 0.6 is 0 Å². The number of nitrogens with two attached hydrogens (primary N) is 1. The summed E-state index contributed by atoms with van der Waals surface area (Å²) in [7, 11) is 0. The van der Waals surface area contributed by atoms with Gasteiger partial charge in [0.25, 0.3) is 0 Å². The molecule has 1 aliphatic rings. The molecule has 2 amide bonds. The molecule has 0 spiro atoms. The van der Waals surface area contributed by atoms with Gasteiger partial charge in [-0.2, -0.15) is 0 Å². The fourth-order valence-corrected chi connectivity index (χ4v) is 1.97. The molecule has 7 nitrogen and oxygen atoms in total. The van der Waals surface area contributed by atoms with Crippen LogP contribution < -0.4 is 11.1 Å². The molecule has 4 N–H and O–H groups in total. The first kappa shape index (κ1) is 15.3. The van der Waals surface area contributed by atoms with Crippen LogP contribution in [-0.2, 0) is 9.59 Å². The maximum atomic E-state index is 12.4. The lowest BCUT2D eigenvalue weighted by Gasteiger charge is -2.25. The Bertz CT molecular complexity index is 388. The number of nitrogens with zero attached hydrogens (tertiary/aromatic N) is 2. The number of oxime groups is 1. The maximum Gasteiger partial charge on any atom is 0.239 e.